The number of benzene rings is 1. The number of hydrogen-bond donors (Lipinski definition) is 1. The van der Waals surface area contributed by atoms with Crippen molar-refractivity contribution in [3.63, 3.8) is 0 Å². The highest BCUT2D eigenvalue weighted by Crippen LogP contribution is 2.30. The van der Waals surface area contributed by atoms with Crippen LogP contribution in [0.4, 0.5) is 10.1 Å². The second-order valence-electron chi connectivity index (χ2n) is 3.46. The van der Waals surface area contributed by atoms with E-state index >= 15 is 0 Å². The molecule has 102 valence electrons. The van der Waals surface area contributed by atoms with Crippen molar-refractivity contribution >= 4 is 17.6 Å². The average molecular weight is 271 g/mol. The van der Waals surface area contributed by atoms with Crippen LogP contribution in [0.5, 0.6) is 0 Å². The van der Waals surface area contributed by atoms with E-state index in [0.717, 1.165) is 18.2 Å². The molecule has 0 spiro atoms. The van der Waals surface area contributed by atoms with Gasteiger partial charge in [0.05, 0.1) is 17.1 Å². The fraction of sp³-hybridized carbons (Fsp3) is 0.273. The highest BCUT2D eigenvalue weighted by Gasteiger charge is 2.37. The van der Waals surface area contributed by atoms with Crippen molar-refractivity contribution in [2.75, 3.05) is 6.61 Å². The quantitative estimate of drug-likeness (QED) is 0.376. The summed E-state index contributed by atoms with van der Waals surface area (Å²) in [5, 5.41) is 19.7. The Balaban J connectivity index is 3.39. The number of para-hydroxylation sites is 1. The molecular formula is C11H10FNO6. The van der Waals surface area contributed by atoms with Gasteiger partial charge in [0.25, 0.3) is 0 Å². The number of ether oxygens (including phenoxy) is 1. The zero-order chi connectivity index (χ0) is 14.6. The average Bonchev–Trinajstić information content (AvgIpc) is 2.28. The van der Waals surface area contributed by atoms with Crippen LogP contribution in [0.3, 0.4) is 0 Å². The lowest BCUT2D eigenvalue weighted by molar-refractivity contribution is -0.388. The number of halogens is 1. The highest BCUT2D eigenvalue weighted by atomic mass is 19.1. The van der Waals surface area contributed by atoms with E-state index in [-0.39, 0.29) is 6.61 Å². The van der Waals surface area contributed by atoms with Crippen molar-refractivity contribution in [3.05, 3.63) is 39.7 Å². The van der Waals surface area contributed by atoms with Gasteiger partial charge in [0, 0.05) is 0 Å². The molecule has 1 atom stereocenters. The second kappa shape index (κ2) is 5.89. The molecule has 0 radical (unpaired) electrons. The molecule has 0 aliphatic heterocycles. The number of nitro groups is 1. The molecule has 0 aliphatic carbocycles. The van der Waals surface area contributed by atoms with Gasteiger partial charge in [-0.1, -0.05) is 12.1 Å². The third kappa shape index (κ3) is 3.03. The number of aliphatic carboxylic acids is 1. The molecule has 8 heteroatoms. The Hall–Kier alpha value is -2.51. The molecule has 1 aromatic rings. The summed E-state index contributed by atoms with van der Waals surface area (Å²) in [6.07, 6.45) is 0. The SMILES string of the molecule is CCOC(=O)C(C(=O)O)c1cccc(F)c1[N+](=O)[O-]. The summed E-state index contributed by atoms with van der Waals surface area (Å²) < 4.78 is 17.9. The van der Waals surface area contributed by atoms with Crippen LogP contribution in [0.1, 0.15) is 18.4 Å². The first-order valence-corrected chi connectivity index (χ1v) is 5.22. The maximum absolute atomic E-state index is 13.4. The van der Waals surface area contributed by atoms with Crippen molar-refractivity contribution in [3.8, 4) is 0 Å². The van der Waals surface area contributed by atoms with E-state index in [9.17, 15) is 24.1 Å². The largest absolute Gasteiger partial charge is 0.480 e. The molecule has 0 aromatic heterocycles. The van der Waals surface area contributed by atoms with Crippen LogP contribution in [0.2, 0.25) is 0 Å². The molecule has 1 unspecified atom stereocenters. The Morgan fingerprint density at radius 1 is 1.53 bits per heavy atom. The second-order valence-corrected chi connectivity index (χ2v) is 3.46. The van der Waals surface area contributed by atoms with Crippen LogP contribution >= 0.6 is 0 Å². The zero-order valence-electron chi connectivity index (χ0n) is 9.83. The Morgan fingerprint density at radius 2 is 2.16 bits per heavy atom. The first-order valence-electron chi connectivity index (χ1n) is 5.22. The summed E-state index contributed by atoms with van der Waals surface area (Å²) >= 11 is 0. The number of hydrogen-bond acceptors (Lipinski definition) is 5. The lowest BCUT2D eigenvalue weighted by Gasteiger charge is -2.11. The molecule has 1 aromatic carbocycles. The predicted molar refractivity (Wildman–Crippen MR) is 60.1 cm³/mol. The van der Waals surface area contributed by atoms with Gasteiger partial charge in [0.2, 0.25) is 5.82 Å². The predicted octanol–water partition coefficient (Wildman–Crippen LogP) is 1.47. The standard InChI is InChI=1S/C11H10FNO6/c1-2-19-11(16)8(10(14)15)6-4-3-5-7(12)9(6)13(17)18/h3-5,8H,2H2,1H3,(H,14,15). The molecule has 19 heavy (non-hydrogen) atoms. The minimum Gasteiger partial charge on any atom is -0.480 e. The monoisotopic (exact) mass is 271 g/mol. The third-order valence-electron chi connectivity index (χ3n) is 2.28. The van der Waals surface area contributed by atoms with Crippen LogP contribution in [0.25, 0.3) is 0 Å². The van der Waals surface area contributed by atoms with E-state index in [1.165, 1.54) is 6.92 Å². The highest BCUT2D eigenvalue weighted by molar-refractivity contribution is 6.00. The van der Waals surface area contributed by atoms with Gasteiger partial charge < -0.3 is 9.84 Å². The van der Waals surface area contributed by atoms with Crippen LogP contribution in [-0.4, -0.2) is 28.6 Å². The summed E-state index contributed by atoms with van der Waals surface area (Å²) in [6, 6.07) is 2.91. The van der Waals surface area contributed by atoms with E-state index < -0.39 is 39.8 Å². The van der Waals surface area contributed by atoms with E-state index in [0.29, 0.717) is 0 Å². The van der Waals surface area contributed by atoms with E-state index in [2.05, 4.69) is 4.74 Å². The Morgan fingerprint density at radius 3 is 2.63 bits per heavy atom. The van der Waals surface area contributed by atoms with Crippen molar-refractivity contribution in [1.82, 2.24) is 0 Å². The number of carboxylic acids is 1. The molecule has 7 nitrogen and oxygen atoms in total. The van der Waals surface area contributed by atoms with E-state index in [4.69, 9.17) is 5.11 Å². The van der Waals surface area contributed by atoms with E-state index in [1.54, 1.807) is 0 Å². The molecule has 0 saturated carbocycles. The van der Waals surface area contributed by atoms with Gasteiger partial charge in [0.15, 0.2) is 5.92 Å². The fourth-order valence-electron chi connectivity index (χ4n) is 1.54. The van der Waals surface area contributed by atoms with Crippen molar-refractivity contribution in [1.29, 1.82) is 0 Å². The summed E-state index contributed by atoms with van der Waals surface area (Å²) in [7, 11) is 0. The van der Waals surface area contributed by atoms with Crippen molar-refractivity contribution < 1.29 is 28.7 Å². The number of nitro benzene ring substituents is 1. The van der Waals surface area contributed by atoms with Crippen LogP contribution in [-0.2, 0) is 14.3 Å². The molecule has 0 heterocycles. The van der Waals surface area contributed by atoms with Gasteiger partial charge in [-0.2, -0.15) is 4.39 Å². The normalized spacial score (nSPS) is 11.7. The Bertz CT molecular complexity index is 530. The molecule has 0 aliphatic rings. The summed E-state index contributed by atoms with van der Waals surface area (Å²) in [6.45, 7) is 1.36. The molecule has 1 rings (SSSR count). The lowest BCUT2D eigenvalue weighted by Crippen LogP contribution is -2.25. The van der Waals surface area contributed by atoms with Crippen molar-refractivity contribution in [2.45, 2.75) is 12.8 Å². The molecular weight excluding hydrogens is 261 g/mol. The van der Waals surface area contributed by atoms with Crippen LogP contribution in [0.15, 0.2) is 18.2 Å². The minimum absolute atomic E-state index is 0.0915. The topological polar surface area (TPSA) is 107 Å². The smallest absolute Gasteiger partial charge is 0.325 e. The number of carboxylic acid groups (broad SMARTS) is 1. The Kier molecular flexibility index (Phi) is 4.51. The first kappa shape index (κ1) is 14.6. The zero-order valence-corrected chi connectivity index (χ0v) is 9.83. The maximum atomic E-state index is 13.4. The van der Waals surface area contributed by atoms with Gasteiger partial charge in [-0.15, -0.1) is 0 Å². The first-order chi connectivity index (χ1) is 8.90. The van der Waals surface area contributed by atoms with E-state index in [1.807, 2.05) is 0 Å². The summed E-state index contributed by atoms with van der Waals surface area (Å²) in [5.74, 6) is -5.97. The molecule has 0 amide bonds. The number of esters is 1. The number of rotatable bonds is 5. The van der Waals surface area contributed by atoms with Gasteiger partial charge in [-0.25, -0.2) is 0 Å². The van der Waals surface area contributed by atoms with Gasteiger partial charge in [0.1, 0.15) is 0 Å². The van der Waals surface area contributed by atoms with Gasteiger partial charge >= 0.3 is 17.6 Å². The maximum Gasteiger partial charge on any atom is 0.325 e. The lowest BCUT2D eigenvalue weighted by atomic mass is 9.97. The molecule has 1 N–H and O–H groups in total. The van der Waals surface area contributed by atoms with Crippen molar-refractivity contribution in [2.24, 2.45) is 0 Å². The third-order valence-corrected chi connectivity index (χ3v) is 2.28. The van der Waals surface area contributed by atoms with Crippen LogP contribution < -0.4 is 0 Å². The minimum atomic E-state index is -1.93. The fourth-order valence-corrected chi connectivity index (χ4v) is 1.54. The Labute approximate surface area is 106 Å². The molecule has 0 fully saturated rings. The summed E-state index contributed by atoms with van der Waals surface area (Å²) in [5.41, 5.74) is -1.58. The number of carbonyl (C=O) groups excluding carboxylic acids is 1. The number of carbonyl (C=O) groups is 2. The van der Waals surface area contributed by atoms with Gasteiger partial charge in [-0.3, -0.25) is 19.7 Å². The summed E-state index contributed by atoms with van der Waals surface area (Å²) in [4.78, 5) is 32.3. The van der Waals surface area contributed by atoms with Crippen LogP contribution in [0, 0.1) is 15.9 Å². The number of nitrogens with zero attached hydrogens (tertiary/aromatic N) is 1. The molecule has 0 bridgehead atoms. The molecule has 0 saturated heterocycles. The van der Waals surface area contributed by atoms with Gasteiger partial charge in [-0.05, 0) is 13.0 Å².